The molecule has 2 heteroatoms. The van der Waals surface area contributed by atoms with Crippen LogP contribution in [-0.2, 0) is 4.79 Å². The van der Waals surface area contributed by atoms with Gasteiger partial charge in [0.2, 0.25) is 0 Å². The average Bonchev–Trinajstić information content (AvgIpc) is 2.04. The highest BCUT2D eigenvalue weighted by Gasteiger charge is 2.18. The zero-order chi connectivity index (χ0) is 8.10. The van der Waals surface area contributed by atoms with Crippen LogP contribution in [0.1, 0.15) is 38.5 Å². The minimum absolute atomic E-state index is 0.0671. The molecule has 0 amide bonds. The molecule has 0 aromatic heterocycles. The summed E-state index contributed by atoms with van der Waals surface area (Å²) in [5.41, 5.74) is 0. The van der Waals surface area contributed by atoms with Crippen molar-refractivity contribution in [2.24, 2.45) is 5.92 Å². The van der Waals surface area contributed by atoms with E-state index >= 15 is 0 Å². The fourth-order valence-corrected chi connectivity index (χ4v) is 1.74. The van der Waals surface area contributed by atoms with Gasteiger partial charge >= 0.3 is 0 Å². The van der Waals surface area contributed by atoms with Crippen LogP contribution in [0.4, 0.5) is 0 Å². The first-order valence-electron chi connectivity index (χ1n) is 4.44. The second kappa shape index (κ2) is 4.50. The summed E-state index contributed by atoms with van der Waals surface area (Å²) in [6, 6.07) is 0. The van der Waals surface area contributed by atoms with Crippen molar-refractivity contribution in [3.05, 3.63) is 0 Å². The Labute approximate surface area is 67.6 Å². The van der Waals surface area contributed by atoms with E-state index in [9.17, 15) is 9.90 Å². The second-order valence-corrected chi connectivity index (χ2v) is 3.42. The molecular formula is C9H16O2. The van der Waals surface area contributed by atoms with E-state index in [0.717, 1.165) is 38.4 Å². The van der Waals surface area contributed by atoms with Gasteiger partial charge in [-0.3, -0.25) is 0 Å². The van der Waals surface area contributed by atoms with Crippen molar-refractivity contribution in [3.63, 3.8) is 0 Å². The summed E-state index contributed by atoms with van der Waals surface area (Å²) in [5.74, 6) is 0.698. The largest absolute Gasteiger partial charge is 0.393 e. The monoisotopic (exact) mass is 156 g/mol. The van der Waals surface area contributed by atoms with Gasteiger partial charge in [-0.25, -0.2) is 0 Å². The third-order valence-electron chi connectivity index (χ3n) is 2.51. The van der Waals surface area contributed by atoms with Crippen LogP contribution >= 0.6 is 0 Å². The predicted molar refractivity (Wildman–Crippen MR) is 43.3 cm³/mol. The van der Waals surface area contributed by atoms with Crippen LogP contribution in [0.2, 0.25) is 0 Å². The van der Waals surface area contributed by atoms with Gasteiger partial charge in [-0.15, -0.1) is 0 Å². The van der Waals surface area contributed by atoms with Gasteiger partial charge in [0.05, 0.1) is 6.10 Å². The van der Waals surface area contributed by atoms with E-state index in [4.69, 9.17) is 0 Å². The van der Waals surface area contributed by atoms with Crippen LogP contribution in [0, 0.1) is 5.92 Å². The highest BCUT2D eigenvalue weighted by molar-refractivity contribution is 5.49. The first-order valence-corrected chi connectivity index (χ1v) is 4.44. The molecule has 11 heavy (non-hydrogen) atoms. The van der Waals surface area contributed by atoms with E-state index in [0.29, 0.717) is 12.3 Å². The number of aldehydes is 1. The molecule has 0 unspecified atom stereocenters. The second-order valence-electron chi connectivity index (χ2n) is 3.42. The van der Waals surface area contributed by atoms with Crippen LogP contribution in [0.3, 0.4) is 0 Å². The van der Waals surface area contributed by atoms with Crippen molar-refractivity contribution in [2.75, 3.05) is 0 Å². The van der Waals surface area contributed by atoms with E-state index in [1.54, 1.807) is 0 Å². The van der Waals surface area contributed by atoms with Gasteiger partial charge in [0.25, 0.3) is 0 Å². The van der Waals surface area contributed by atoms with Gasteiger partial charge in [0, 0.05) is 6.42 Å². The maximum atomic E-state index is 10.1. The molecule has 64 valence electrons. The van der Waals surface area contributed by atoms with Crippen LogP contribution < -0.4 is 0 Å². The summed E-state index contributed by atoms with van der Waals surface area (Å²) in [6.45, 7) is 0. The van der Waals surface area contributed by atoms with E-state index in [-0.39, 0.29) is 6.10 Å². The Morgan fingerprint density at radius 1 is 1.27 bits per heavy atom. The molecular weight excluding hydrogens is 140 g/mol. The molecule has 1 aliphatic rings. The molecule has 0 aromatic rings. The molecule has 1 aliphatic carbocycles. The lowest BCUT2D eigenvalue weighted by Gasteiger charge is -2.24. The van der Waals surface area contributed by atoms with Gasteiger partial charge in [-0.2, -0.15) is 0 Å². The van der Waals surface area contributed by atoms with Crippen LogP contribution in [0.15, 0.2) is 0 Å². The molecule has 1 fully saturated rings. The predicted octanol–water partition coefficient (Wildman–Crippen LogP) is 1.52. The lowest BCUT2D eigenvalue weighted by molar-refractivity contribution is -0.108. The molecule has 1 saturated carbocycles. The number of rotatable bonds is 3. The van der Waals surface area contributed by atoms with Crippen molar-refractivity contribution in [1.29, 1.82) is 0 Å². The summed E-state index contributed by atoms with van der Waals surface area (Å²) in [6.07, 6.45) is 6.72. The molecule has 0 atom stereocenters. The number of aliphatic hydroxyl groups excluding tert-OH is 1. The Kier molecular flexibility index (Phi) is 3.57. The van der Waals surface area contributed by atoms with Crippen molar-refractivity contribution in [2.45, 2.75) is 44.6 Å². The quantitative estimate of drug-likeness (QED) is 0.629. The number of carbonyl (C=O) groups is 1. The topological polar surface area (TPSA) is 37.3 Å². The van der Waals surface area contributed by atoms with Crippen molar-refractivity contribution >= 4 is 6.29 Å². The van der Waals surface area contributed by atoms with Crippen molar-refractivity contribution < 1.29 is 9.90 Å². The molecule has 1 rings (SSSR count). The Morgan fingerprint density at radius 3 is 2.45 bits per heavy atom. The molecule has 0 aliphatic heterocycles. The first-order chi connectivity index (χ1) is 5.33. The molecule has 0 aromatic carbocycles. The normalized spacial score (nSPS) is 31.7. The minimum Gasteiger partial charge on any atom is -0.393 e. The van der Waals surface area contributed by atoms with Crippen LogP contribution in [0.5, 0.6) is 0 Å². The van der Waals surface area contributed by atoms with Crippen LogP contribution in [-0.4, -0.2) is 17.5 Å². The molecule has 0 bridgehead atoms. The lowest BCUT2D eigenvalue weighted by Crippen LogP contribution is -2.18. The van der Waals surface area contributed by atoms with E-state index < -0.39 is 0 Å². The highest BCUT2D eigenvalue weighted by atomic mass is 16.3. The Bertz CT molecular complexity index is 115. The maximum Gasteiger partial charge on any atom is 0.120 e. The molecule has 1 N–H and O–H groups in total. The van der Waals surface area contributed by atoms with E-state index in [1.807, 2.05) is 0 Å². The van der Waals surface area contributed by atoms with Gasteiger partial charge < -0.3 is 9.90 Å². The molecule has 0 saturated heterocycles. The SMILES string of the molecule is O=CCCC1CCC(O)CC1. The number of hydrogen-bond acceptors (Lipinski definition) is 2. The van der Waals surface area contributed by atoms with Gasteiger partial charge in [0.1, 0.15) is 6.29 Å². The van der Waals surface area contributed by atoms with Crippen molar-refractivity contribution in [3.8, 4) is 0 Å². The third kappa shape index (κ3) is 3.02. The number of hydrogen-bond donors (Lipinski definition) is 1. The summed E-state index contributed by atoms with van der Waals surface area (Å²) in [7, 11) is 0. The molecule has 0 heterocycles. The van der Waals surface area contributed by atoms with Crippen LogP contribution in [0.25, 0.3) is 0 Å². The fourth-order valence-electron chi connectivity index (χ4n) is 1.74. The summed E-state index contributed by atoms with van der Waals surface area (Å²) in [5, 5.41) is 9.18. The molecule has 0 radical (unpaired) electrons. The van der Waals surface area contributed by atoms with Crippen molar-refractivity contribution in [1.82, 2.24) is 0 Å². The first kappa shape index (κ1) is 8.72. The van der Waals surface area contributed by atoms with Gasteiger partial charge in [0.15, 0.2) is 0 Å². The summed E-state index contributed by atoms with van der Waals surface area (Å²) in [4.78, 5) is 10.1. The third-order valence-corrected chi connectivity index (χ3v) is 2.51. The molecule has 0 spiro atoms. The van der Waals surface area contributed by atoms with E-state index in [1.165, 1.54) is 0 Å². The number of aliphatic hydroxyl groups is 1. The zero-order valence-corrected chi connectivity index (χ0v) is 6.83. The standard InChI is InChI=1S/C9H16O2/c10-7-1-2-8-3-5-9(11)6-4-8/h7-9,11H,1-6H2. The number of carbonyl (C=O) groups excluding carboxylic acids is 1. The summed E-state index contributed by atoms with van der Waals surface area (Å²) >= 11 is 0. The fraction of sp³-hybridized carbons (Fsp3) is 0.889. The lowest BCUT2D eigenvalue weighted by atomic mass is 9.85. The maximum absolute atomic E-state index is 10.1. The zero-order valence-electron chi connectivity index (χ0n) is 6.83. The van der Waals surface area contributed by atoms with E-state index in [2.05, 4.69) is 0 Å². The minimum atomic E-state index is -0.0671. The van der Waals surface area contributed by atoms with Gasteiger partial charge in [-0.1, -0.05) is 0 Å². The molecule has 2 nitrogen and oxygen atoms in total. The Balaban J connectivity index is 2.12. The average molecular weight is 156 g/mol. The van der Waals surface area contributed by atoms with Gasteiger partial charge in [-0.05, 0) is 38.0 Å². The summed E-state index contributed by atoms with van der Waals surface area (Å²) < 4.78 is 0. The highest BCUT2D eigenvalue weighted by Crippen LogP contribution is 2.27. The smallest absolute Gasteiger partial charge is 0.120 e. The Hall–Kier alpha value is -0.370. The Morgan fingerprint density at radius 2 is 1.91 bits per heavy atom.